The van der Waals surface area contributed by atoms with Gasteiger partial charge in [0.1, 0.15) is 0 Å². The summed E-state index contributed by atoms with van der Waals surface area (Å²) in [6, 6.07) is 0. The van der Waals surface area contributed by atoms with Gasteiger partial charge in [-0.15, -0.1) is 0 Å². The second kappa shape index (κ2) is 4.56. The number of ketones is 1. The first kappa shape index (κ1) is 11.9. The number of aldehydes is 1. The predicted molar refractivity (Wildman–Crippen MR) is 60.5 cm³/mol. The van der Waals surface area contributed by atoms with Gasteiger partial charge in [0.15, 0.2) is 6.29 Å². The van der Waals surface area contributed by atoms with Crippen molar-refractivity contribution in [3.05, 3.63) is 24.3 Å². The maximum Gasteiger partial charge on any atom is 0.217 e. The van der Waals surface area contributed by atoms with Crippen LogP contribution in [0.25, 0.3) is 0 Å². The van der Waals surface area contributed by atoms with Gasteiger partial charge < -0.3 is 0 Å². The van der Waals surface area contributed by atoms with Crippen molar-refractivity contribution < 1.29 is 9.59 Å². The molecule has 0 N–H and O–H groups in total. The summed E-state index contributed by atoms with van der Waals surface area (Å²) in [4.78, 5) is 21.1. The molecule has 0 bridgehead atoms. The fraction of sp³-hybridized carbons (Fsp3) is 0.538. The van der Waals surface area contributed by atoms with Crippen molar-refractivity contribution in [2.45, 2.75) is 33.1 Å². The number of allylic oxidation sites excluding steroid dienone is 3. The molecule has 2 heteroatoms. The van der Waals surface area contributed by atoms with E-state index in [1.54, 1.807) is 0 Å². The molecule has 0 spiro atoms. The zero-order chi connectivity index (χ0) is 11.5. The monoisotopic (exact) mass is 206 g/mol. The molecule has 0 aromatic heterocycles. The van der Waals surface area contributed by atoms with Crippen molar-refractivity contribution in [3.63, 3.8) is 0 Å². The average Bonchev–Trinajstić information content (AvgIpc) is 2.15. The van der Waals surface area contributed by atoms with E-state index in [2.05, 4.69) is 20.4 Å². The highest BCUT2D eigenvalue weighted by Gasteiger charge is 2.32. The second-order valence-electron chi connectivity index (χ2n) is 4.86. The minimum Gasteiger partial charge on any atom is -0.294 e. The quantitative estimate of drug-likeness (QED) is 0.308. The molecule has 2 nitrogen and oxygen atoms in total. The van der Waals surface area contributed by atoms with E-state index in [4.69, 9.17) is 0 Å². The van der Waals surface area contributed by atoms with Gasteiger partial charge in [0, 0.05) is 5.92 Å². The molecule has 1 rings (SSSR count). The fourth-order valence-corrected chi connectivity index (χ4v) is 2.26. The first-order valence-electron chi connectivity index (χ1n) is 5.32. The van der Waals surface area contributed by atoms with Crippen LogP contribution in [0, 0.1) is 11.3 Å². The van der Waals surface area contributed by atoms with Crippen LogP contribution >= 0.6 is 0 Å². The van der Waals surface area contributed by atoms with Crippen molar-refractivity contribution in [1.82, 2.24) is 0 Å². The molecule has 1 atom stereocenters. The Balaban J connectivity index is 2.80. The summed E-state index contributed by atoms with van der Waals surface area (Å²) >= 11 is 0. The summed E-state index contributed by atoms with van der Waals surface area (Å²) in [5.74, 6) is -0.251. The summed E-state index contributed by atoms with van der Waals surface area (Å²) < 4.78 is 0. The lowest BCUT2D eigenvalue weighted by molar-refractivity contribution is -0.126. The van der Waals surface area contributed by atoms with Gasteiger partial charge in [0.25, 0.3) is 0 Å². The van der Waals surface area contributed by atoms with Gasteiger partial charge in [-0.3, -0.25) is 9.59 Å². The Kier molecular flexibility index (Phi) is 3.61. The van der Waals surface area contributed by atoms with Crippen molar-refractivity contribution in [2.24, 2.45) is 11.3 Å². The Labute approximate surface area is 91.1 Å². The van der Waals surface area contributed by atoms with Crippen molar-refractivity contribution in [3.8, 4) is 0 Å². The van der Waals surface area contributed by atoms with E-state index in [1.165, 1.54) is 11.6 Å². The highest BCUT2D eigenvalue weighted by atomic mass is 16.2. The third-order valence-electron chi connectivity index (χ3n) is 3.17. The van der Waals surface area contributed by atoms with Gasteiger partial charge in [-0.1, -0.05) is 32.1 Å². The summed E-state index contributed by atoms with van der Waals surface area (Å²) in [5.41, 5.74) is 1.32. The molecule has 1 fully saturated rings. The van der Waals surface area contributed by atoms with Crippen LogP contribution in [-0.4, -0.2) is 12.1 Å². The van der Waals surface area contributed by atoms with Gasteiger partial charge in [-0.25, -0.2) is 0 Å². The zero-order valence-electron chi connectivity index (χ0n) is 9.45. The van der Waals surface area contributed by atoms with Gasteiger partial charge in [0.2, 0.25) is 5.78 Å². The van der Waals surface area contributed by atoms with Crippen LogP contribution in [0.2, 0.25) is 0 Å². The maximum atomic E-state index is 10.9. The Hall–Kier alpha value is -1.18. The summed E-state index contributed by atoms with van der Waals surface area (Å²) in [6.45, 7) is 8.40. The molecule has 1 aliphatic carbocycles. The number of hydrogen-bond donors (Lipinski definition) is 0. The normalized spacial score (nSPS) is 25.5. The number of hydrogen-bond acceptors (Lipinski definition) is 2. The molecule has 0 saturated heterocycles. The summed E-state index contributed by atoms with van der Waals surface area (Å²) in [5, 5.41) is 0. The van der Waals surface area contributed by atoms with E-state index in [1.807, 2.05) is 6.08 Å². The van der Waals surface area contributed by atoms with E-state index in [9.17, 15) is 9.59 Å². The lowest BCUT2D eigenvalue weighted by Crippen LogP contribution is -2.28. The molecule has 0 radical (unpaired) electrons. The largest absolute Gasteiger partial charge is 0.294 e. The van der Waals surface area contributed by atoms with Gasteiger partial charge in [-0.05, 0) is 30.8 Å². The first-order valence-corrected chi connectivity index (χ1v) is 5.32. The number of carbonyl (C=O) groups excluding carboxylic acids is 2. The predicted octanol–water partition coefficient (Wildman–Crippen LogP) is 2.69. The van der Waals surface area contributed by atoms with Crippen molar-refractivity contribution in [1.29, 1.82) is 0 Å². The minimum atomic E-state index is -0.468. The molecular formula is C13H18O2. The van der Waals surface area contributed by atoms with E-state index in [-0.39, 0.29) is 11.3 Å². The van der Waals surface area contributed by atoms with Crippen LogP contribution in [-0.2, 0) is 9.59 Å². The molecule has 0 aliphatic heterocycles. The standard InChI is InChI=1S/C13H18O2/c1-10-5-4-8-13(2,3)12(10)7-6-11(15)9-14/h6-7,9,12H,1,4-5,8H2,2-3H3/b7-6+. The smallest absolute Gasteiger partial charge is 0.217 e. The summed E-state index contributed by atoms with van der Waals surface area (Å²) in [6.07, 6.45) is 6.87. The molecule has 82 valence electrons. The molecular weight excluding hydrogens is 188 g/mol. The topological polar surface area (TPSA) is 34.1 Å². The summed E-state index contributed by atoms with van der Waals surface area (Å²) in [7, 11) is 0. The van der Waals surface area contributed by atoms with Crippen LogP contribution in [0.4, 0.5) is 0 Å². The third kappa shape index (κ3) is 2.88. The van der Waals surface area contributed by atoms with Crippen LogP contribution in [0.15, 0.2) is 24.3 Å². The Morgan fingerprint density at radius 3 is 2.73 bits per heavy atom. The lowest BCUT2D eigenvalue weighted by Gasteiger charge is -2.38. The van der Waals surface area contributed by atoms with Crippen molar-refractivity contribution >= 4 is 12.1 Å². The molecule has 1 unspecified atom stereocenters. The zero-order valence-corrected chi connectivity index (χ0v) is 9.45. The number of carbonyl (C=O) groups is 2. The SMILES string of the molecule is C=C1CCCC(C)(C)C1/C=C/C(=O)C=O. The van der Waals surface area contributed by atoms with Crippen LogP contribution in [0.1, 0.15) is 33.1 Å². The van der Waals surface area contributed by atoms with Crippen LogP contribution in [0.5, 0.6) is 0 Å². The Morgan fingerprint density at radius 1 is 1.53 bits per heavy atom. The molecule has 1 aliphatic rings. The molecule has 0 heterocycles. The van der Waals surface area contributed by atoms with E-state index in [0.717, 1.165) is 19.3 Å². The van der Waals surface area contributed by atoms with Crippen LogP contribution in [0.3, 0.4) is 0 Å². The molecule has 0 amide bonds. The Morgan fingerprint density at radius 2 is 2.20 bits per heavy atom. The Bertz CT molecular complexity index is 310. The van der Waals surface area contributed by atoms with E-state index < -0.39 is 5.78 Å². The average molecular weight is 206 g/mol. The van der Waals surface area contributed by atoms with Crippen LogP contribution < -0.4 is 0 Å². The van der Waals surface area contributed by atoms with Crippen molar-refractivity contribution in [2.75, 3.05) is 0 Å². The van der Waals surface area contributed by atoms with E-state index in [0.29, 0.717) is 6.29 Å². The highest BCUT2D eigenvalue weighted by molar-refractivity contribution is 6.30. The molecule has 1 saturated carbocycles. The highest BCUT2D eigenvalue weighted by Crippen LogP contribution is 2.43. The van der Waals surface area contributed by atoms with Gasteiger partial charge in [-0.2, -0.15) is 0 Å². The van der Waals surface area contributed by atoms with Gasteiger partial charge >= 0.3 is 0 Å². The molecule has 0 aromatic carbocycles. The molecule has 15 heavy (non-hydrogen) atoms. The fourth-order valence-electron chi connectivity index (χ4n) is 2.26. The molecule has 0 aromatic rings. The maximum absolute atomic E-state index is 10.9. The van der Waals surface area contributed by atoms with E-state index >= 15 is 0 Å². The third-order valence-corrected chi connectivity index (χ3v) is 3.17. The number of rotatable bonds is 3. The first-order chi connectivity index (χ1) is 6.97. The minimum absolute atomic E-state index is 0.148. The lowest BCUT2D eigenvalue weighted by atomic mass is 9.67. The van der Waals surface area contributed by atoms with Gasteiger partial charge in [0.05, 0.1) is 0 Å². The second-order valence-corrected chi connectivity index (χ2v) is 4.86.